The number of benzene rings is 2. The highest BCUT2D eigenvalue weighted by atomic mass is 19.4. The van der Waals surface area contributed by atoms with Gasteiger partial charge < -0.3 is 20.0 Å². The average molecular weight is 409 g/mol. The standard InChI is InChI=1S/C19H18F3N3O4/c20-19(21,22)15-4-1-2-5-17(15)29-9-3-8-24-11-13-10-14(25(28)18(26)27)6-7-16(13)23-12-24/h1-2,4-7,10,12,25H,3,8-9,11H2,(H,26,27). The van der Waals surface area contributed by atoms with Gasteiger partial charge in [-0.25, -0.2) is 10.1 Å². The van der Waals surface area contributed by atoms with Crippen molar-refractivity contribution in [3.63, 3.8) is 0 Å². The zero-order valence-corrected chi connectivity index (χ0v) is 15.1. The van der Waals surface area contributed by atoms with Gasteiger partial charge >= 0.3 is 12.3 Å². The number of hydroxylamine groups is 1. The predicted octanol–water partition coefficient (Wildman–Crippen LogP) is 3.34. The third-order valence-corrected chi connectivity index (χ3v) is 4.31. The van der Waals surface area contributed by atoms with Crippen molar-refractivity contribution in [3.8, 4) is 5.75 Å². The Morgan fingerprint density at radius 2 is 2.03 bits per heavy atom. The van der Waals surface area contributed by atoms with Crippen LogP contribution in [0.1, 0.15) is 17.5 Å². The van der Waals surface area contributed by atoms with Gasteiger partial charge in [0.2, 0.25) is 0 Å². The lowest BCUT2D eigenvalue weighted by molar-refractivity contribution is -0.691. The first kappa shape index (κ1) is 20.6. The summed E-state index contributed by atoms with van der Waals surface area (Å²) in [5, 5.41) is 19.4. The van der Waals surface area contributed by atoms with E-state index in [2.05, 4.69) is 4.99 Å². The van der Waals surface area contributed by atoms with Crippen LogP contribution in [-0.2, 0) is 12.7 Å². The predicted molar refractivity (Wildman–Crippen MR) is 98.6 cm³/mol. The summed E-state index contributed by atoms with van der Waals surface area (Å²) in [7, 11) is 0. The third-order valence-electron chi connectivity index (χ3n) is 4.31. The van der Waals surface area contributed by atoms with E-state index in [1.54, 1.807) is 12.4 Å². The molecule has 0 fully saturated rings. The fourth-order valence-corrected chi connectivity index (χ4v) is 2.92. The van der Waals surface area contributed by atoms with E-state index in [9.17, 15) is 23.2 Å². The molecule has 154 valence electrons. The second-order valence-corrected chi connectivity index (χ2v) is 6.39. The van der Waals surface area contributed by atoms with Gasteiger partial charge in [0, 0.05) is 30.8 Å². The maximum atomic E-state index is 13.0. The van der Waals surface area contributed by atoms with E-state index in [0.717, 1.165) is 6.07 Å². The normalized spacial score (nSPS) is 14.4. The highest BCUT2D eigenvalue weighted by Crippen LogP contribution is 2.36. The van der Waals surface area contributed by atoms with E-state index in [-0.39, 0.29) is 18.0 Å². The monoisotopic (exact) mass is 409 g/mol. The molecule has 0 spiro atoms. The van der Waals surface area contributed by atoms with Crippen LogP contribution in [0.25, 0.3) is 0 Å². The summed E-state index contributed by atoms with van der Waals surface area (Å²) in [4.78, 5) is 16.9. The summed E-state index contributed by atoms with van der Waals surface area (Å²) in [6, 6.07) is 9.52. The summed E-state index contributed by atoms with van der Waals surface area (Å²) in [5.41, 5.74) is 0.589. The fraction of sp³-hybridized carbons (Fsp3) is 0.263. The average Bonchev–Trinajstić information content (AvgIpc) is 2.69. The highest BCUT2D eigenvalue weighted by Gasteiger charge is 2.33. The van der Waals surface area contributed by atoms with Gasteiger partial charge in [-0.1, -0.05) is 12.1 Å². The van der Waals surface area contributed by atoms with Gasteiger partial charge in [0.15, 0.2) is 0 Å². The first-order valence-electron chi connectivity index (χ1n) is 8.73. The molecule has 7 nitrogen and oxygen atoms in total. The van der Waals surface area contributed by atoms with Crippen LogP contribution in [0.4, 0.5) is 29.3 Å². The second kappa shape index (κ2) is 8.50. The number of nitrogens with zero attached hydrogens (tertiary/aromatic N) is 2. The Morgan fingerprint density at radius 3 is 2.76 bits per heavy atom. The van der Waals surface area contributed by atoms with Crippen molar-refractivity contribution in [2.24, 2.45) is 4.99 Å². The molecule has 2 aromatic carbocycles. The molecule has 0 aromatic heterocycles. The molecule has 0 saturated heterocycles. The number of nitrogens with one attached hydrogen (secondary N) is 1. The Morgan fingerprint density at radius 1 is 1.28 bits per heavy atom. The maximum Gasteiger partial charge on any atom is 0.517 e. The summed E-state index contributed by atoms with van der Waals surface area (Å²) >= 11 is 0. The Kier molecular flexibility index (Phi) is 6.04. The van der Waals surface area contributed by atoms with Crippen molar-refractivity contribution in [1.29, 1.82) is 0 Å². The maximum absolute atomic E-state index is 13.0. The van der Waals surface area contributed by atoms with E-state index < -0.39 is 22.9 Å². The largest absolute Gasteiger partial charge is 0.619 e. The van der Waals surface area contributed by atoms with Crippen LogP contribution in [0.3, 0.4) is 0 Å². The van der Waals surface area contributed by atoms with Gasteiger partial charge in [0.1, 0.15) is 11.4 Å². The summed E-state index contributed by atoms with van der Waals surface area (Å²) in [6.07, 6.45) is -3.96. The minimum absolute atomic E-state index is 0.0698. The molecule has 29 heavy (non-hydrogen) atoms. The zero-order valence-electron chi connectivity index (χ0n) is 15.1. The number of carboxylic acid groups (broad SMARTS) is 1. The van der Waals surface area contributed by atoms with Crippen LogP contribution >= 0.6 is 0 Å². The SMILES string of the molecule is O=C(O)[NH+]([O-])c1ccc2c(c1)CN(CCCOc1ccccc1C(F)(F)F)C=N2. The number of ether oxygens (including phenoxy) is 1. The van der Waals surface area contributed by atoms with Crippen molar-refractivity contribution in [1.82, 2.24) is 4.90 Å². The van der Waals surface area contributed by atoms with Crippen LogP contribution < -0.4 is 9.80 Å². The molecular weight excluding hydrogens is 391 g/mol. The van der Waals surface area contributed by atoms with Crippen LogP contribution in [0.5, 0.6) is 5.75 Å². The van der Waals surface area contributed by atoms with Crippen molar-refractivity contribution < 1.29 is 32.9 Å². The van der Waals surface area contributed by atoms with E-state index in [4.69, 9.17) is 9.84 Å². The minimum atomic E-state index is -4.48. The number of para-hydroxylation sites is 1. The molecule has 0 bridgehead atoms. The summed E-state index contributed by atoms with van der Waals surface area (Å²) < 4.78 is 44.2. The molecule has 1 aliphatic rings. The molecule has 1 amide bonds. The topological polar surface area (TPSA) is 89.6 Å². The fourth-order valence-electron chi connectivity index (χ4n) is 2.92. The molecule has 2 N–H and O–H groups in total. The Balaban J connectivity index is 1.55. The molecule has 1 aliphatic heterocycles. The smallest absolute Gasteiger partial charge is 0.517 e. The number of quaternary nitrogens is 1. The summed E-state index contributed by atoms with van der Waals surface area (Å²) in [6.45, 7) is 0.953. The van der Waals surface area contributed by atoms with Gasteiger partial charge in [0.05, 0.1) is 24.2 Å². The number of hydrogen-bond acceptors (Lipinski definition) is 5. The molecule has 1 unspecified atom stereocenters. The van der Waals surface area contributed by atoms with Crippen molar-refractivity contribution in [2.45, 2.75) is 19.1 Å². The minimum Gasteiger partial charge on any atom is -0.619 e. The number of rotatable bonds is 6. The number of alkyl halides is 3. The summed E-state index contributed by atoms with van der Waals surface area (Å²) in [5.74, 6) is -0.213. The lowest BCUT2D eigenvalue weighted by atomic mass is 10.1. The lowest BCUT2D eigenvalue weighted by Gasteiger charge is -2.25. The number of hydrogen-bond donors (Lipinski definition) is 2. The van der Waals surface area contributed by atoms with Gasteiger partial charge in [-0.3, -0.25) is 0 Å². The van der Waals surface area contributed by atoms with Crippen molar-refractivity contribution in [2.75, 3.05) is 13.2 Å². The molecule has 0 radical (unpaired) electrons. The number of halogens is 3. The molecule has 0 saturated carbocycles. The van der Waals surface area contributed by atoms with Gasteiger partial charge in [-0.15, -0.1) is 0 Å². The molecule has 10 heteroatoms. The van der Waals surface area contributed by atoms with Crippen molar-refractivity contribution in [3.05, 3.63) is 58.8 Å². The quantitative estimate of drug-likeness (QED) is 0.564. The van der Waals surface area contributed by atoms with Crippen LogP contribution in [-0.4, -0.2) is 35.6 Å². The first-order valence-corrected chi connectivity index (χ1v) is 8.73. The van der Waals surface area contributed by atoms with E-state index >= 15 is 0 Å². The Labute approximate surface area is 164 Å². The second-order valence-electron chi connectivity index (χ2n) is 6.39. The van der Waals surface area contributed by atoms with Gasteiger partial charge in [-0.05, 0) is 24.6 Å². The Bertz CT molecular complexity index is 918. The highest BCUT2D eigenvalue weighted by molar-refractivity contribution is 5.69. The molecule has 0 aliphatic carbocycles. The van der Waals surface area contributed by atoms with Crippen LogP contribution in [0.15, 0.2) is 47.5 Å². The molecular formula is C19H18F3N3O4. The lowest BCUT2D eigenvalue weighted by Crippen LogP contribution is -3.04. The number of carbonyl (C=O) groups is 1. The van der Waals surface area contributed by atoms with Crippen molar-refractivity contribution >= 4 is 23.8 Å². The Hall–Kier alpha value is -3.11. The number of aliphatic imine (C=N–C) groups is 1. The molecule has 3 rings (SSSR count). The molecule has 1 atom stereocenters. The number of fused-ring (bicyclic) bond motifs is 1. The van der Waals surface area contributed by atoms with Crippen LogP contribution in [0.2, 0.25) is 0 Å². The van der Waals surface area contributed by atoms with E-state index in [1.165, 1.54) is 30.3 Å². The van der Waals surface area contributed by atoms with E-state index in [1.807, 2.05) is 4.90 Å². The van der Waals surface area contributed by atoms with Gasteiger partial charge in [0.25, 0.3) is 0 Å². The number of amides is 1. The van der Waals surface area contributed by atoms with Crippen LogP contribution in [0, 0.1) is 5.21 Å². The van der Waals surface area contributed by atoms with Gasteiger partial charge in [-0.2, -0.15) is 18.0 Å². The van der Waals surface area contributed by atoms with E-state index in [0.29, 0.717) is 30.8 Å². The third kappa shape index (κ3) is 5.04. The first-order chi connectivity index (χ1) is 13.8. The molecule has 2 aromatic rings. The zero-order chi connectivity index (χ0) is 21.0. The molecule has 1 heterocycles.